The summed E-state index contributed by atoms with van der Waals surface area (Å²) in [5.41, 5.74) is -1.28. The van der Waals surface area contributed by atoms with Gasteiger partial charge in [-0.05, 0) is 32.2 Å². The quantitative estimate of drug-likeness (QED) is 0.541. The molecule has 5 nitrogen and oxygen atoms in total. The minimum absolute atomic E-state index is 0.0356. The van der Waals surface area contributed by atoms with Crippen molar-refractivity contribution in [2.45, 2.75) is 51.5 Å². The van der Waals surface area contributed by atoms with E-state index in [0.717, 1.165) is 32.2 Å². The van der Waals surface area contributed by atoms with E-state index in [1.807, 2.05) is 6.92 Å². The zero-order valence-electron chi connectivity index (χ0n) is 12.2. The van der Waals surface area contributed by atoms with Crippen molar-refractivity contribution < 1.29 is 15.0 Å². The first-order valence-corrected chi connectivity index (χ1v) is 7.33. The Morgan fingerprint density at radius 3 is 2.47 bits per heavy atom. The molecule has 0 bridgehead atoms. The van der Waals surface area contributed by atoms with Gasteiger partial charge in [-0.15, -0.1) is 0 Å². The monoisotopic (exact) mass is 272 g/mol. The van der Waals surface area contributed by atoms with Crippen molar-refractivity contribution in [3.63, 3.8) is 0 Å². The molecule has 0 radical (unpaired) electrons. The van der Waals surface area contributed by atoms with Crippen molar-refractivity contribution in [2.75, 3.05) is 26.3 Å². The molecule has 1 heterocycles. The number of aliphatic hydroxyl groups excluding tert-OH is 2. The summed E-state index contributed by atoms with van der Waals surface area (Å²) in [4.78, 5) is 12.6. The molecular weight excluding hydrogens is 244 g/mol. The number of amides is 1. The summed E-state index contributed by atoms with van der Waals surface area (Å²) in [6.07, 6.45) is 4.16. The van der Waals surface area contributed by atoms with Gasteiger partial charge >= 0.3 is 0 Å². The number of rotatable bonds is 7. The Balaban J connectivity index is 2.82. The first-order valence-electron chi connectivity index (χ1n) is 7.33. The highest BCUT2D eigenvalue weighted by Gasteiger charge is 2.42. The molecule has 1 saturated heterocycles. The molecule has 1 atom stereocenters. The van der Waals surface area contributed by atoms with Gasteiger partial charge in [0.1, 0.15) is 0 Å². The van der Waals surface area contributed by atoms with E-state index in [4.69, 9.17) is 0 Å². The molecule has 1 amide bonds. The molecule has 1 aliphatic heterocycles. The number of nitrogens with one attached hydrogen (secondary N) is 2. The Labute approximate surface area is 115 Å². The van der Waals surface area contributed by atoms with Crippen molar-refractivity contribution in [2.24, 2.45) is 5.41 Å². The molecule has 0 spiro atoms. The van der Waals surface area contributed by atoms with Crippen LogP contribution in [0.2, 0.25) is 0 Å². The van der Waals surface area contributed by atoms with Crippen LogP contribution in [0, 0.1) is 5.41 Å². The summed E-state index contributed by atoms with van der Waals surface area (Å²) in [7, 11) is 0. The van der Waals surface area contributed by atoms with Crippen molar-refractivity contribution >= 4 is 5.91 Å². The van der Waals surface area contributed by atoms with Gasteiger partial charge in [-0.3, -0.25) is 4.79 Å². The molecule has 5 heteroatoms. The molecule has 112 valence electrons. The molecule has 1 unspecified atom stereocenters. The maximum atomic E-state index is 12.6. The van der Waals surface area contributed by atoms with Crippen molar-refractivity contribution in [1.82, 2.24) is 10.6 Å². The Morgan fingerprint density at radius 1 is 1.37 bits per heavy atom. The lowest BCUT2D eigenvalue weighted by molar-refractivity contribution is -0.136. The van der Waals surface area contributed by atoms with Gasteiger partial charge in [0.15, 0.2) is 0 Å². The Morgan fingerprint density at radius 2 is 2.05 bits per heavy atom. The third kappa shape index (κ3) is 3.68. The summed E-state index contributed by atoms with van der Waals surface area (Å²) in [6, 6.07) is 0. The summed E-state index contributed by atoms with van der Waals surface area (Å²) >= 11 is 0. The van der Waals surface area contributed by atoms with Crippen LogP contribution in [0.1, 0.15) is 46.0 Å². The van der Waals surface area contributed by atoms with E-state index in [-0.39, 0.29) is 19.1 Å². The molecule has 1 fully saturated rings. The van der Waals surface area contributed by atoms with Crippen LogP contribution in [-0.4, -0.2) is 48.0 Å². The van der Waals surface area contributed by atoms with E-state index in [0.29, 0.717) is 13.0 Å². The normalized spacial score (nSPS) is 24.2. The lowest BCUT2D eigenvalue weighted by atomic mass is 9.75. The van der Waals surface area contributed by atoms with Crippen molar-refractivity contribution in [3.05, 3.63) is 0 Å². The van der Waals surface area contributed by atoms with E-state index in [9.17, 15) is 15.0 Å². The van der Waals surface area contributed by atoms with Crippen LogP contribution in [0.25, 0.3) is 0 Å². The molecule has 0 aromatic rings. The predicted octanol–water partition coefficient (Wildman–Crippen LogP) is 0.406. The minimum Gasteiger partial charge on any atom is -0.394 e. The molecule has 4 N–H and O–H groups in total. The second-order valence-corrected chi connectivity index (χ2v) is 5.71. The number of hydrogen-bond acceptors (Lipinski definition) is 4. The summed E-state index contributed by atoms with van der Waals surface area (Å²) < 4.78 is 0. The fourth-order valence-corrected chi connectivity index (χ4v) is 2.78. The third-order valence-corrected chi connectivity index (χ3v) is 4.34. The van der Waals surface area contributed by atoms with E-state index in [2.05, 4.69) is 17.6 Å². The van der Waals surface area contributed by atoms with Gasteiger partial charge in [0.25, 0.3) is 0 Å². The van der Waals surface area contributed by atoms with Crippen LogP contribution in [-0.2, 0) is 4.79 Å². The lowest BCUT2D eigenvalue weighted by Gasteiger charge is -2.40. The molecule has 0 aliphatic carbocycles. The van der Waals surface area contributed by atoms with Crippen LogP contribution in [0.15, 0.2) is 0 Å². The molecule has 19 heavy (non-hydrogen) atoms. The average molecular weight is 272 g/mol. The zero-order chi connectivity index (χ0) is 14.4. The van der Waals surface area contributed by atoms with E-state index >= 15 is 0 Å². The first-order chi connectivity index (χ1) is 9.08. The van der Waals surface area contributed by atoms with Gasteiger partial charge in [-0.1, -0.05) is 20.3 Å². The third-order valence-electron chi connectivity index (χ3n) is 4.34. The zero-order valence-corrected chi connectivity index (χ0v) is 12.2. The van der Waals surface area contributed by atoms with Gasteiger partial charge in [-0.2, -0.15) is 0 Å². The van der Waals surface area contributed by atoms with Crippen molar-refractivity contribution in [3.8, 4) is 0 Å². The lowest BCUT2D eigenvalue weighted by Crippen LogP contribution is -2.60. The number of hydrogen-bond donors (Lipinski definition) is 4. The maximum Gasteiger partial charge on any atom is 0.228 e. The van der Waals surface area contributed by atoms with Gasteiger partial charge in [-0.25, -0.2) is 0 Å². The number of piperidine rings is 1. The Kier molecular flexibility index (Phi) is 6.23. The summed E-state index contributed by atoms with van der Waals surface area (Å²) in [6.45, 7) is 5.11. The van der Waals surface area contributed by atoms with Crippen LogP contribution in [0.5, 0.6) is 0 Å². The predicted molar refractivity (Wildman–Crippen MR) is 74.8 cm³/mol. The molecular formula is C14H28N2O3. The Hall–Kier alpha value is -0.650. The van der Waals surface area contributed by atoms with Crippen LogP contribution in [0.4, 0.5) is 0 Å². The SMILES string of the molecule is CCCC1(C(=O)NC(CC)(CO)CO)CCCNC1. The van der Waals surface area contributed by atoms with E-state index < -0.39 is 11.0 Å². The standard InChI is InChI=1S/C14H28N2O3/c1-3-6-13(7-5-8-15-9-13)12(19)16-14(4-2,10-17)11-18/h15,17-18H,3-11H2,1-2H3,(H,16,19). The summed E-state index contributed by atoms with van der Waals surface area (Å²) in [5.74, 6) is -0.0356. The Bertz CT molecular complexity index is 271. The van der Waals surface area contributed by atoms with Gasteiger partial charge in [0.05, 0.1) is 24.2 Å². The minimum atomic E-state index is -0.894. The number of carbonyl (C=O) groups excluding carboxylic acids is 1. The molecule has 0 saturated carbocycles. The molecule has 1 rings (SSSR count). The van der Waals surface area contributed by atoms with Crippen LogP contribution >= 0.6 is 0 Å². The van der Waals surface area contributed by atoms with Crippen LogP contribution < -0.4 is 10.6 Å². The highest BCUT2D eigenvalue weighted by Crippen LogP contribution is 2.32. The van der Waals surface area contributed by atoms with Gasteiger partial charge < -0.3 is 20.8 Å². The maximum absolute atomic E-state index is 12.6. The first kappa shape index (κ1) is 16.4. The fraction of sp³-hybridized carbons (Fsp3) is 0.929. The number of carbonyl (C=O) groups is 1. The molecule has 0 aromatic carbocycles. The van der Waals surface area contributed by atoms with Crippen molar-refractivity contribution in [1.29, 1.82) is 0 Å². The molecule has 1 aliphatic rings. The van der Waals surface area contributed by atoms with E-state index in [1.54, 1.807) is 0 Å². The highest BCUT2D eigenvalue weighted by molar-refractivity contribution is 5.83. The fourth-order valence-electron chi connectivity index (χ4n) is 2.78. The molecule has 0 aromatic heterocycles. The highest BCUT2D eigenvalue weighted by atomic mass is 16.3. The number of aliphatic hydroxyl groups is 2. The second-order valence-electron chi connectivity index (χ2n) is 5.71. The smallest absolute Gasteiger partial charge is 0.228 e. The van der Waals surface area contributed by atoms with Gasteiger partial charge in [0.2, 0.25) is 5.91 Å². The summed E-state index contributed by atoms with van der Waals surface area (Å²) in [5, 5.41) is 25.1. The largest absolute Gasteiger partial charge is 0.394 e. The van der Waals surface area contributed by atoms with Crippen LogP contribution in [0.3, 0.4) is 0 Å². The second kappa shape index (κ2) is 7.22. The van der Waals surface area contributed by atoms with E-state index in [1.165, 1.54) is 0 Å². The van der Waals surface area contributed by atoms with Gasteiger partial charge in [0, 0.05) is 6.54 Å². The topological polar surface area (TPSA) is 81.6 Å². The average Bonchev–Trinajstić information content (AvgIpc) is 2.46.